The molecule has 0 saturated carbocycles. The molecule has 1 N–H and O–H groups in total. The second-order valence-electron chi connectivity index (χ2n) is 5.26. The predicted octanol–water partition coefficient (Wildman–Crippen LogP) is 4.19. The highest BCUT2D eigenvalue weighted by Crippen LogP contribution is 2.37. The van der Waals surface area contributed by atoms with Crippen molar-refractivity contribution in [3.05, 3.63) is 72.2 Å². The van der Waals surface area contributed by atoms with Gasteiger partial charge in [0.25, 0.3) is 5.91 Å². The third-order valence-corrected chi connectivity index (χ3v) is 4.07. The zero-order chi connectivity index (χ0) is 18.6. The molecule has 2 heterocycles. The minimum absolute atomic E-state index is 0.132. The molecule has 1 aromatic carbocycles. The Morgan fingerprint density at radius 2 is 2.00 bits per heavy atom. The van der Waals surface area contributed by atoms with Gasteiger partial charge in [-0.15, -0.1) is 0 Å². The number of carbonyl (C=O) groups excluding carboxylic acids is 1. The number of benzene rings is 1. The van der Waals surface area contributed by atoms with Gasteiger partial charge in [0.15, 0.2) is 0 Å². The number of aromatic nitrogens is 3. The number of rotatable bonds is 5. The normalized spacial score (nSPS) is 11.3. The van der Waals surface area contributed by atoms with E-state index in [1.807, 2.05) is 12.3 Å². The molecular weight excluding hydrogens is 365 g/mol. The third kappa shape index (κ3) is 4.85. The first kappa shape index (κ1) is 18.0. The van der Waals surface area contributed by atoms with E-state index in [9.17, 15) is 18.0 Å². The Morgan fingerprint density at radius 3 is 2.73 bits per heavy atom. The van der Waals surface area contributed by atoms with Crippen LogP contribution in [0, 0.1) is 0 Å². The lowest BCUT2D eigenvalue weighted by Crippen LogP contribution is -2.15. The molecule has 1 amide bonds. The summed E-state index contributed by atoms with van der Waals surface area (Å²) in [6, 6.07) is 11.6. The zero-order valence-corrected chi connectivity index (χ0v) is 14.1. The summed E-state index contributed by atoms with van der Waals surface area (Å²) in [5.41, 5.74) is -3.28. The smallest absolute Gasteiger partial charge is 0.322 e. The Bertz CT molecular complexity index is 897. The molecule has 0 unspecified atom stereocenters. The second kappa shape index (κ2) is 7.61. The van der Waals surface area contributed by atoms with E-state index in [1.165, 1.54) is 18.3 Å². The van der Waals surface area contributed by atoms with E-state index in [0.717, 1.165) is 5.56 Å². The van der Waals surface area contributed by atoms with Crippen molar-refractivity contribution < 1.29 is 18.0 Å². The van der Waals surface area contributed by atoms with Crippen molar-refractivity contribution in [3.8, 4) is 0 Å². The third-order valence-electron chi connectivity index (χ3n) is 3.32. The molecular formula is C17H13F3N4OS. The number of hydrogen-bond donors (Lipinski definition) is 1. The number of anilines is 1. The average molecular weight is 378 g/mol. The van der Waals surface area contributed by atoms with Gasteiger partial charge in [-0.2, -0.15) is 18.3 Å². The summed E-state index contributed by atoms with van der Waals surface area (Å²) in [5.74, 6) is -0.652. The van der Waals surface area contributed by atoms with Crippen molar-refractivity contribution in [2.24, 2.45) is 0 Å². The molecule has 2 aromatic heterocycles. The minimum atomic E-state index is -4.52. The van der Waals surface area contributed by atoms with Crippen LogP contribution in [0.4, 0.5) is 18.9 Å². The standard InChI is InChI=1S/C17H13F3N4OS/c18-17(19,20)26-16-14(6-2-7-21-16)15(25)23-13-5-1-4-12(10-13)11-24-9-3-8-22-24/h1-10H,11H2,(H,23,25). The highest BCUT2D eigenvalue weighted by molar-refractivity contribution is 8.00. The van der Waals surface area contributed by atoms with Crippen LogP contribution in [0.3, 0.4) is 0 Å². The first-order valence-corrected chi connectivity index (χ1v) is 8.31. The molecule has 0 fully saturated rings. The summed E-state index contributed by atoms with van der Waals surface area (Å²) >= 11 is -0.411. The van der Waals surface area contributed by atoms with Crippen molar-refractivity contribution in [3.63, 3.8) is 0 Å². The van der Waals surface area contributed by atoms with E-state index in [1.54, 1.807) is 35.1 Å². The summed E-state index contributed by atoms with van der Waals surface area (Å²) < 4.78 is 39.6. The SMILES string of the molecule is O=C(Nc1cccc(Cn2cccn2)c1)c1cccnc1SC(F)(F)F. The van der Waals surface area contributed by atoms with Crippen LogP contribution in [0.2, 0.25) is 0 Å². The number of thioether (sulfide) groups is 1. The van der Waals surface area contributed by atoms with Gasteiger partial charge in [-0.3, -0.25) is 9.48 Å². The monoisotopic (exact) mass is 378 g/mol. The lowest BCUT2D eigenvalue weighted by molar-refractivity contribution is -0.0329. The first-order chi connectivity index (χ1) is 12.4. The molecule has 0 aliphatic carbocycles. The second-order valence-corrected chi connectivity index (χ2v) is 6.32. The van der Waals surface area contributed by atoms with Gasteiger partial charge in [-0.05, 0) is 35.9 Å². The largest absolute Gasteiger partial charge is 0.447 e. The van der Waals surface area contributed by atoms with Crippen LogP contribution in [-0.4, -0.2) is 26.2 Å². The fourth-order valence-corrected chi connectivity index (χ4v) is 2.88. The molecule has 0 aliphatic rings. The fraction of sp³-hybridized carbons (Fsp3) is 0.118. The quantitative estimate of drug-likeness (QED) is 0.677. The van der Waals surface area contributed by atoms with Crippen LogP contribution >= 0.6 is 11.8 Å². The summed E-state index contributed by atoms with van der Waals surface area (Å²) in [5, 5.41) is 6.34. The molecule has 0 spiro atoms. The molecule has 0 atom stereocenters. The number of carbonyl (C=O) groups is 1. The predicted molar refractivity (Wildman–Crippen MR) is 91.9 cm³/mol. The van der Waals surface area contributed by atoms with Crippen molar-refractivity contribution in [2.45, 2.75) is 17.1 Å². The fourth-order valence-electron chi connectivity index (χ4n) is 2.28. The van der Waals surface area contributed by atoms with Gasteiger partial charge in [-0.25, -0.2) is 4.98 Å². The molecule has 26 heavy (non-hydrogen) atoms. The van der Waals surface area contributed by atoms with E-state index in [4.69, 9.17) is 0 Å². The van der Waals surface area contributed by atoms with Crippen LogP contribution in [0.25, 0.3) is 0 Å². The number of amides is 1. The van der Waals surface area contributed by atoms with Crippen molar-refractivity contribution in [1.29, 1.82) is 0 Å². The number of alkyl halides is 3. The first-order valence-electron chi connectivity index (χ1n) is 7.49. The van der Waals surface area contributed by atoms with Gasteiger partial charge in [0, 0.05) is 36.0 Å². The maximum absolute atomic E-state index is 12.6. The van der Waals surface area contributed by atoms with Crippen LogP contribution in [0.1, 0.15) is 15.9 Å². The van der Waals surface area contributed by atoms with Crippen molar-refractivity contribution in [1.82, 2.24) is 14.8 Å². The van der Waals surface area contributed by atoms with E-state index in [0.29, 0.717) is 12.2 Å². The highest BCUT2D eigenvalue weighted by Gasteiger charge is 2.32. The van der Waals surface area contributed by atoms with Crippen molar-refractivity contribution in [2.75, 3.05) is 5.32 Å². The molecule has 0 aliphatic heterocycles. The zero-order valence-electron chi connectivity index (χ0n) is 13.3. The molecule has 134 valence electrons. The molecule has 9 heteroatoms. The van der Waals surface area contributed by atoms with Crippen LogP contribution in [0.15, 0.2) is 66.1 Å². The molecule has 0 saturated heterocycles. The number of halogens is 3. The Morgan fingerprint density at radius 1 is 1.15 bits per heavy atom. The lowest BCUT2D eigenvalue weighted by atomic mass is 10.2. The minimum Gasteiger partial charge on any atom is -0.322 e. The van der Waals surface area contributed by atoms with Gasteiger partial charge >= 0.3 is 5.51 Å². The van der Waals surface area contributed by atoms with Gasteiger partial charge in [-0.1, -0.05) is 12.1 Å². The summed E-state index contributed by atoms with van der Waals surface area (Å²) in [4.78, 5) is 16.1. The van der Waals surface area contributed by atoms with E-state index in [2.05, 4.69) is 15.4 Å². The van der Waals surface area contributed by atoms with Crippen LogP contribution in [-0.2, 0) is 6.54 Å². The Balaban J connectivity index is 1.76. The Labute approximate surface area is 151 Å². The molecule has 3 aromatic rings. The number of hydrogen-bond acceptors (Lipinski definition) is 4. The highest BCUT2D eigenvalue weighted by atomic mass is 32.2. The Kier molecular flexibility index (Phi) is 5.27. The van der Waals surface area contributed by atoms with E-state index >= 15 is 0 Å². The maximum Gasteiger partial charge on any atom is 0.447 e. The number of pyridine rings is 1. The van der Waals surface area contributed by atoms with E-state index < -0.39 is 23.2 Å². The molecule has 3 rings (SSSR count). The van der Waals surface area contributed by atoms with Crippen LogP contribution < -0.4 is 5.32 Å². The van der Waals surface area contributed by atoms with Crippen molar-refractivity contribution >= 4 is 23.4 Å². The van der Waals surface area contributed by atoms with Gasteiger partial charge in [0.2, 0.25) is 0 Å². The van der Waals surface area contributed by atoms with Gasteiger partial charge in [0.1, 0.15) is 5.03 Å². The Hall–Kier alpha value is -2.81. The van der Waals surface area contributed by atoms with Gasteiger partial charge in [0.05, 0.1) is 12.1 Å². The topological polar surface area (TPSA) is 59.8 Å². The summed E-state index contributed by atoms with van der Waals surface area (Å²) in [7, 11) is 0. The molecule has 0 radical (unpaired) electrons. The number of nitrogens with zero attached hydrogens (tertiary/aromatic N) is 3. The lowest BCUT2D eigenvalue weighted by Gasteiger charge is -2.11. The maximum atomic E-state index is 12.6. The van der Waals surface area contributed by atoms with E-state index in [-0.39, 0.29) is 10.6 Å². The van der Waals surface area contributed by atoms with Crippen LogP contribution in [0.5, 0.6) is 0 Å². The molecule has 0 bridgehead atoms. The van der Waals surface area contributed by atoms with Gasteiger partial charge < -0.3 is 5.32 Å². The summed E-state index contributed by atoms with van der Waals surface area (Å²) in [6.45, 7) is 0.513. The summed E-state index contributed by atoms with van der Waals surface area (Å²) in [6.07, 6.45) is 4.69. The average Bonchev–Trinajstić information content (AvgIpc) is 3.07. The number of nitrogens with one attached hydrogen (secondary N) is 1. The molecule has 5 nitrogen and oxygen atoms in total.